The molecule has 0 radical (unpaired) electrons. The highest BCUT2D eigenvalue weighted by atomic mass is 16.5. The first-order chi connectivity index (χ1) is 11.2. The first-order valence-corrected chi connectivity index (χ1v) is 8.50. The first kappa shape index (κ1) is 16.1. The molecule has 23 heavy (non-hydrogen) atoms. The minimum Gasteiger partial charge on any atom is -0.338 e. The lowest BCUT2D eigenvalue weighted by Gasteiger charge is -2.37. The maximum Gasteiger partial charge on any atom is 0.243 e. The summed E-state index contributed by atoms with van der Waals surface area (Å²) in [6, 6.07) is 8.85. The number of rotatable bonds is 5. The van der Waals surface area contributed by atoms with Crippen molar-refractivity contribution in [2.24, 2.45) is 0 Å². The molecule has 1 aromatic carbocycles. The summed E-state index contributed by atoms with van der Waals surface area (Å²) in [7, 11) is 0. The van der Waals surface area contributed by atoms with Gasteiger partial charge in [0, 0.05) is 39.1 Å². The zero-order valence-corrected chi connectivity index (χ0v) is 14.3. The van der Waals surface area contributed by atoms with Gasteiger partial charge in [0.1, 0.15) is 0 Å². The highest BCUT2D eigenvalue weighted by molar-refractivity contribution is 5.25. The Bertz CT molecular complexity index is 631. The topological polar surface area (TPSA) is 45.4 Å². The van der Waals surface area contributed by atoms with Crippen molar-refractivity contribution in [2.75, 3.05) is 26.2 Å². The fourth-order valence-electron chi connectivity index (χ4n) is 3.07. The van der Waals surface area contributed by atoms with Crippen LogP contribution in [0.15, 0.2) is 28.8 Å². The molecule has 1 aliphatic rings. The van der Waals surface area contributed by atoms with Crippen LogP contribution in [0.2, 0.25) is 0 Å². The van der Waals surface area contributed by atoms with Gasteiger partial charge in [-0.15, -0.1) is 0 Å². The average Bonchev–Trinajstić information content (AvgIpc) is 3.06. The maximum atomic E-state index is 5.39. The van der Waals surface area contributed by atoms with Crippen molar-refractivity contribution in [3.63, 3.8) is 0 Å². The standard InChI is InChI=1S/C18H26N4O/c1-4-17-19-18(23-20-17)15(3)22-11-9-21(10-12-22)13-16-8-6-5-7-14(16)2/h5-8,15H,4,9-13H2,1-3H3. The summed E-state index contributed by atoms with van der Waals surface area (Å²) in [5, 5.41) is 4.01. The van der Waals surface area contributed by atoms with E-state index in [4.69, 9.17) is 4.52 Å². The molecule has 2 heterocycles. The quantitative estimate of drug-likeness (QED) is 0.849. The number of hydrogen-bond acceptors (Lipinski definition) is 5. The molecule has 5 nitrogen and oxygen atoms in total. The second-order valence-corrected chi connectivity index (χ2v) is 6.32. The lowest BCUT2D eigenvalue weighted by atomic mass is 10.1. The van der Waals surface area contributed by atoms with Gasteiger partial charge in [-0.3, -0.25) is 9.80 Å². The van der Waals surface area contributed by atoms with E-state index in [1.165, 1.54) is 11.1 Å². The Labute approximate surface area is 138 Å². The van der Waals surface area contributed by atoms with Gasteiger partial charge in [0.15, 0.2) is 5.82 Å². The number of benzene rings is 1. The Morgan fingerprint density at radius 3 is 2.57 bits per heavy atom. The molecule has 0 saturated carbocycles. The monoisotopic (exact) mass is 314 g/mol. The molecule has 0 spiro atoms. The van der Waals surface area contributed by atoms with Crippen molar-refractivity contribution >= 4 is 0 Å². The number of nitrogens with zero attached hydrogens (tertiary/aromatic N) is 4. The zero-order chi connectivity index (χ0) is 16.2. The van der Waals surface area contributed by atoms with Crippen molar-refractivity contribution in [2.45, 2.75) is 39.8 Å². The van der Waals surface area contributed by atoms with E-state index in [0.29, 0.717) is 0 Å². The number of piperazine rings is 1. The van der Waals surface area contributed by atoms with Gasteiger partial charge in [-0.05, 0) is 25.0 Å². The molecule has 1 saturated heterocycles. The van der Waals surface area contributed by atoms with Crippen molar-refractivity contribution in [3.8, 4) is 0 Å². The Morgan fingerprint density at radius 2 is 1.91 bits per heavy atom. The molecule has 0 N–H and O–H groups in total. The molecule has 0 amide bonds. The third-order valence-electron chi connectivity index (χ3n) is 4.77. The van der Waals surface area contributed by atoms with Gasteiger partial charge in [0.25, 0.3) is 0 Å². The molecular formula is C18H26N4O. The van der Waals surface area contributed by atoms with Gasteiger partial charge >= 0.3 is 0 Å². The van der Waals surface area contributed by atoms with Crippen LogP contribution in [-0.2, 0) is 13.0 Å². The number of aromatic nitrogens is 2. The molecule has 1 aliphatic heterocycles. The van der Waals surface area contributed by atoms with E-state index < -0.39 is 0 Å². The summed E-state index contributed by atoms with van der Waals surface area (Å²) in [6.45, 7) is 11.7. The summed E-state index contributed by atoms with van der Waals surface area (Å²) in [5.41, 5.74) is 2.81. The second kappa shape index (κ2) is 7.23. The third kappa shape index (κ3) is 3.79. The van der Waals surface area contributed by atoms with E-state index in [9.17, 15) is 0 Å². The van der Waals surface area contributed by atoms with Crippen LogP contribution in [0.5, 0.6) is 0 Å². The predicted molar refractivity (Wildman–Crippen MR) is 90.1 cm³/mol. The largest absolute Gasteiger partial charge is 0.338 e. The lowest BCUT2D eigenvalue weighted by Crippen LogP contribution is -2.46. The number of hydrogen-bond donors (Lipinski definition) is 0. The minimum atomic E-state index is 0.198. The fraction of sp³-hybridized carbons (Fsp3) is 0.556. The first-order valence-electron chi connectivity index (χ1n) is 8.50. The molecule has 124 valence electrons. The molecule has 0 aliphatic carbocycles. The second-order valence-electron chi connectivity index (χ2n) is 6.32. The smallest absolute Gasteiger partial charge is 0.243 e. The van der Waals surface area contributed by atoms with Crippen molar-refractivity contribution in [1.82, 2.24) is 19.9 Å². The molecule has 3 rings (SSSR count). The normalized spacial score (nSPS) is 18.2. The molecule has 5 heteroatoms. The molecule has 1 atom stereocenters. The molecule has 1 unspecified atom stereocenters. The van der Waals surface area contributed by atoms with E-state index >= 15 is 0 Å². The average molecular weight is 314 g/mol. The molecule has 1 aromatic heterocycles. The van der Waals surface area contributed by atoms with E-state index in [1.807, 2.05) is 6.92 Å². The van der Waals surface area contributed by atoms with Crippen molar-refractivity contribution in [1.29, 1.82) is 0 Å². The molecule has 1 fully saturated rings. The summed E-state index contributed by atoms with van der Waals surface area (Å²) < 4.78 is 5.39. The SMILES string of the molecule is CCc1noc(C(C)N2CCN(Cc3ccccc3C)CC2)n1. The summed E-state index contributed by atoms with van der Waals surface area (Å²) in [5.74, 6) is 1.54. The maximum absolute atomic E-state index is 5.39. The van der Waals surface area contributed by atoms with Crippen LogP contribution >= 0.6 is 0 Å². The van der Waals surface area contributed by atoms with Crippen molar-refractivity contribution < 1.29 is 4.52 Å². The Kier molecular flexibility index (Phi) is 5.08. The van der Waals surface area contributed by atoms with Crippen LogP contribution in [0, 0.1) is 6.92 Å². The highest BCUT2D eigenvalue weighted by Gasteiger charge is 2.25. The van der Waals surface area contributed by atoms with Gasteiger partial charge in [-0.1, -0.05) is 36.3 Å². The van der Waals surface area contributed by atoms with Crippen LogP contribution in [0.25, 0.3) is 0 Å². The number of aryl methyl sites for hydroxylation is 2. The van der Waals surface area contributed by atoms with Crippen LogP contribution in [0.1, 0.15) is 42.7 Å². The van der Waals surface area contributed by atoms with Crippen LogP contribution in [-0.4, -0.2) is 46.1 Å². The van der Waals surface area contributed by atoms with Crippen molar-refractivity contribution in [3.05, 3.63) is 47.1 Å². The minimum absolute atomic E-state index is 0.198. The van der Waals surface area contributed by atoms with Crippen LogP contribution < -0.4 is 0 Å². The fourth-order valence-corrected chi connectivity index (χ4v) is 3.07. The zero-order valence-electron chi connectivity index (χ0n) is 14.3. The molecular weight excluding hydrogens is 288 g/mol. The Hall–Kier alpha value is -1.72. The van der Waals surface area contributed by atoms with E-state index in [2.05, 4.69) is 58.1 Å². The molecule has 0 bridgehead atoms. The Morgan fingerprint density at radius 1 is 1.17 bits per heavy atom. The van der Waals surface area contributed by atoms with E-state index in [0.717, 1.165) is 50.9 Å². The van der Waals surface area contributed by atoms with Gasteiger partial charge in [-0.2, -0.15) is 4.98 Å². The summed E-state index contributed by atoms with van der Waals surface area (Å²) in [6.07, 6.45) is 0.820. The molecule has 2 aromatic rings. The highest BCUT2D eigenvalue weighted by Crippen LogP contribution is 2.21. The van der Waals surface area contributed by atoms with Gasteiger partial charge in [0.05, 0.1) is 6.04 Å². The summed E-state index contributed by atoms with van der Waals surface area (Å²) in [4.78, 5) is 9.43. The predicted octanol–water partition coefficient (Wildman–Crippen LogP) is 2.82. The van der Waals surface area contributed by atoms with E-state index in [1.54, 1.807) is 0 Å². The van der Waals surface area contributed by atoms with E-state index in [-0.39, 0.29) is 6.04 Å². The van der Waals surface area contributed by atoms with Gasteiger partial charge in [0.2, 0.25) is 5.89 Å². The van der Waals surface area contributed by atoms with Gasteiger partial charge in [-0.25, -0.2) is 0 Å². The van der Waals surface area contributed by atoms with Crippen LogP contribution in [0.3, 0.4) is 0 Å². The lowest BCUT2D eigenvalue weighted by molar-refractivity contribution is 0.0844. The van der Waals surface area contributed by atoms with Gasteiger partial charge < -0.3 is 4.52 Å². The van der Waals surface area contributed by atoms with Crippen LogP contribution in [0.4, 0.5) is 0 Å². The Balaban J connectivity index is 1.54. The third-order valence-corrected chi connectivity index (χ3v) is 4.77. The summed E-state index contributed by atoms with van der Waals surface area (Å²) >= 11 is 0.